The van der Waals surface area contributed by atoms with E-state index in [1.807, 2.05) is 24.3 Å². The Morgan fingerprint density at radius 3 is 2.57 bits per heavy atom. The van der Waals surface area contributed by atoms with Crippen molar-refractivity contribution >= 4 is 27.7 Å². The molecule has 21 heavy (non-hydrogen) atoms. The van der Waals surface area contributed by atoms with Crippen molar-refractivity contribution in [3.8, 4) is 0 Å². The van der Waals surface area contributed by atoms with Crippen LogP contribution in [0.5, 0.6) is 0 Å². The highest BCUT2D eigenvalue weighted by Crippen LogP contribution is 2.65. The van der Waals surface area contributed by atoms with Gasteiger partial charge in [0.05, 0.1) is 0 Å². The monoisotopic (exact) mass is 348 g/mol. The number of nitrogens with zero attached hydrogens (tertiary/aromatic N) is 1. The molecule has 1 saturated carbocycles. The van der Waals surface area contributed by atoms with E-state index >= 15 is 0 Å². The van der Waals surface area contributed by atoms with Crippen LogP contribution in [0.1, 0.15) is 25.5 Å². The van der Waals surface area contributed by atoms with Gasteiger partial charge in [-0.25, -0.2) is 0 Å². The lowest BCUT2D eigenvalue weighted by molar-refractivity contribution is -0.149. The van der Waals surface area contributed by atoms with Crippen LogP contribution in [0, 0.1) is 17.3 Å². The first kappa shape index (κ1) is 13.3. The van der Waals surface area contributed by atoms with E-state index in [0.717, 1.165) is 16.6 Å². The van der Waals surface area contributed by atoms with Gasteiger partial charge in [0.25, 0.3) is 5.91 Å². The van der Waals surface area contributed by atoms with Crippen LogP contribution in [0.3, 0.4) is 0 Å². The summed E-state index contributed by atoms with van der Waals surface area (Å²) in [5.41, 5.74) is 1.04. The molecule has 110 valence electrons. The fraction of sp³-hybridized carbons (Fsp3) is 0.500. The number of hydrogen-bond acceptors (Lipinski definition) is 2. The molecule has 2 amide bonds. The number of piperazine rings is 1. The molecular weight excluding hydrogens is 332 g/mol. The summed E-state index contributed by atoms with van der Waals surface area (Å²) in [4.78, 5) is 27.0. The number of fused-ring (bicyclic) bond motifs is 3. The minimum atomic E-state index is -0.539. The second-order valence-corrected chi connectivity index (χ2v) is 7.80. The summed E-state index contributed by atoms with van der Waals surface area (Å²) in [7, 11) is 0. The predicted octanol–water partition coefficient (Wildman–Crippen LogP) is 2.10. The number of benzene rings is 1. The summed E-state index contributed by atoms with van der Waals surface area (Å²) in [6.45, 7) is 5.11. The highest BCUT2D eigenvalue weighted by atomic mass is 79.9. The smallest absolute Gasteiger partial charge is 0.250 e. The van der Waals surface area contributed by atoms with Gasteiger partial charge in [-0.05, 0) is 34.9 Å². The molecule has 1 aliphatic carbocycles. The van der Waals surface area contributed by atoms with Gasteiger partial charge in [0.2, 0.25) is 5.91 Å². The molecule has 0 radical (unpaired) electrons. The highest BCUT2D eigenvalue weighted by molar-refractivity contribution is 9.10. The van der Waals surface area contributed by atoms with Crippen LogP contribution < -0.4 is 5.32 Å². The Hall–Kier alpha value is -1.36. The zero-order valence-corrected chi connectivity index (χ0v) is 13.6. The Kier molecular flexibility index (Phi) is 2.60. The molecule has 1 aromatic carbocycles. The molecule has 0 bridgehead atoms. The summed E-state index contributed by atoms with van der Waals surface area (Å²) in [5.74, 6) is 0.832. The van der Waals surface area contributed by atoms with Crippen molar-refractivity contribution in [2.24, 2.45) is 17.3 Å². The molecule has 4 atom stereocenters. The highest BCUT2D eigenvalue weighted by Gasteiger charge is 2.70. The summed E-state index contributed by atoms with van der Waals surface area (Å²) in [6, 6.07) is 6.76. The van der Waals surface area contributed by atoms with Crippen LogP contribution in [0.15, 0.2) is 28.7 Å². The van der Waals surface area contributed by atoms with E-state index in [2.05, 4.69) is 35.1 Å². The number of nitrogens with one attached hydrogen (secondary N) is 1. The van der Waals surface area contributed by atoms with Gasteiger partial charge in [-0.3, -0.25) is 9.59 Å². The lowest BCUT2D eigenvalue weighted by Crippen LogP contribution is -2.59. The average molecular weight is 349 g/mol. The van der Waals surface area contributed by atoms with Crippen LogP contribution in [0.25, 0.3) is 0 Å². The predicted molar refractivity (Wildman–Crippen MR) is 81.3 cm³/mol. The van der Waals surface area contributed by atoms with Crippen molar-refractivity contribution < 1.29 is 9.59 Å². The van der Waals surface area contributed by atoms with Gasteiger partial charge in [0.15, 0.2) is 0 Å². The lowest BCUT2D eigenvalue weighted by atomic mass is 9.95. The van der Waals surface area contributed by atoms with Gasteiger partial charge in [0.1, 0.15) is 12.1 Å². The minimum Gasteiger partial charge on any atom is -0.339 e. The van der Waals surface area contributed by atoms with Crippen molar-refractivity contribution in [2.45, 2.75) is 25.9 Å². The SMILES string of the molecule is CC1(C)[C@H]2[C@H]3C(=O)N[C@@H](c4ccc(Br)cc4)C(=O)N3C[C@H]21. The Bertz CT molecular complexity index is 640. The fourth-order valence-corrected chi connectivity index (χ4v) is 4.41. The molecule has 0 aromatic heterocycles. The maximum absolute atomic E-state index is 12.7. The van der Waals surface area contributed by atoms with Crippen LogP contribution >= 0.6 is 15.9 Å². The third-order valence-corrected chi connectivity index (χ3v) is 6.03. The average Bonchev–Trinajstić information content (AvgIpc) is 2.83. The largest absolute Gasteiger partial charge is 0.339 e. The number of amides is 2. The summed E-state index contributed by atoms with van der Waals surface area (Å²) >= 11 is 3.38. The van der Waals surface area contributed by atoms with E-state index in [1.54, 1.807) is 4.90 Å². The molecule has 1 aromatic rings. The van der Waals surface area contributed by atoms with Crippen LogP contribution in [0.4, 0.5) is 0 Å². The number of carbonyl (C=O) groups excluding carboxylic acids is 2. The molecule has 5 heteroatoms. The number of rotatable bonds is 1. The van der Waals surface area contributed by atoms with Crippen LogP contribution in [-0.4, -0.2) is 29.3 Å². The Morgan fingerprint density at radius 1 is 1.24 bits per heavy atom. The van der Waals surface area contributed by atoms with Crippen molar-refractivity contribution in [2.75, 3.05) is 6.54 Å². The number of carbonyl (C=O) groups is 2. The van der Waals surface area contributed by atoms with E-state index in [0.29, 0.717) is 11.8 Å². The Morgan fingerprint density at radius 2 is 1.90 bits per heavy atom. The molecule has 2 heterocycles. The molecule has 4 rings (SSSR count). The molecule has 0 spiro atoms. The topological polar surface area (TPSA) is 49.4 Å². The molecule has 4 nitrogen and oxygen atoms in total. The minimum absolute atomic E-state index is 0.000550. The van der Waals surface area contributed by atoms with Crippen molar-refractivity contribution in [3.63, 3.8) is 0 Å². The first-order valence-electron chi connectivity index (χ1n) is 7.27. The standard InChI is InChI=1S/C16H17BrN2O2/c1-16(2)10-7-19-13(11(10)16)14(20)18-12(15(19)21)8-3-5-9(17)6-4-8/h3-6,10-13H,7H2,1-2H3,(H,18,20)/t10-,11-,12+,13+/m1/s1. The summed E-state index contributed by atoms with van der Waals surface area (Å²) in [6.07, 6.45) is 0. The molecule has 1 N–H and O–H groups in total. The number of piperidine rings is 1. The van der Waals surface area contributed by atoms with Crippen LogP contribution in [0.2, 0.25) is 0 Å². The van der Waals surface area contributed by atoms with E-state index in [9.17, 15) is 9.59 Å². The van der Waals surface area contributed by atoms with Gasteiger partial charge >= 0.3 is 0 Å². The lowest BCUT2D eigenvalue weighted by Gasteiger charge is -2.38. The first-order chi connectivity index (χ1) is 9.91. The quantitative estimate of drug-likeness (QED) is 0.844. The van der Waals surface area contributed by atoms with E-state index in [1.165, 1.54) is 0 Å². The molecule has 0 unspecified atom stereocenters. The molecular formula is C16H17BrN2O2. The second-order valence-electron chi connectivity index (χ2n) is 6.88. The number of hydrogen-bond donors (Lipinski definition) is 1. The maximum atomic E-state index is 12.7. The Labute approximate surface area is 132 Å². The number of halogens is 1. The van der Waals surface area contributed by atoms with Crippen molar-refractivity contribution in [3.05, 3.63) is 34.3 Å². The van der Waals surface area contributed by atoms with E-state index in [-0.39, 0.29) is 23.3 Å². The summed E-state index contributed by atoms with van der Waals surface area (Å²) in [5, 5.41) is 2.92. The van der Waals surface area contributed by atoms with Crippen molar-refractivity contribution in [1.82, 2.24) is 10.2 Å². The Balaban J connectivity index is 1.63. The van der Waals surface area contributed by atoms with E-state index < -0.39 is 6.04 Å². The molecule has 2 aliphatic heterocycles. The molecule has 3 aliphatic rings. The van der Waals surface area contributed by atoms with Gasteiger partial charge in [0, 0.05) is 11.0 Å². The van der Waals surface area contributed by atoms with Crippen molar-refractivity contribution in [1.29, 1.82) is 0 Å². The third kappa shape index (κ3) is 1.73. The molecule has 2 saturated heterocycles. The normalized spacial score (nSPS) is 36.0. The maximum Gasteiger partial charge on any atom is 0.250 e. The molecule has 3 fully saturated rings. The first-order valence-corrected chi connectivity index (χ1v) is 8.07. The van der Waals surface area contributed by atoms with Gasteiger partial charge < -0.3 is 10.2 Å². The van der Waals surface area contributed by atoms with E-state index in [4.69, 9.17) is 0 Å². The third-order valence-electron chi connectivity index (χ3n) is 5.50. The van der Waals surface area contributed by atoms with Gasteiger partial charge in [-0.2, -0.15) is 0 Å². The fourth-order valence-electron chi connectivity index (χ4n) is 4.15. The van der Waals surface area contributed by atoms with Gasteiger partial charge in [-0.15, -0.1) is 0 Å². The van der Waals surface area contributed by atoms with Gasteiger partial charge in [-0.1, -0.05) is 41.9 Å². The zero-order valence-electron chi connectivity index (χ0n) is 12.0. The van der Waals surface area contributed by atoms with Crippen LogP contribution in [-0.2, 0) is 9.59 Å². The summed E-state index contributed by atoms with van der Waals surface area (Å²) < 4.78 is 0.961. The second kappa shape index (κ2) is 4.09. The zero-order chi connectivity index (χ0) is 14.9.